The molecule has 1 aliphatic rings. The Morgan fingerprint density at radius 3 is 2.72 bits per heavy atom. The highest BCUT2D eigenvalue weighted by molar-refractivity contribution is 5.71. The molecular formula is C20H21F5N6O. The van der Waals surface area contributed by atoms with E-state index < -0.39 is 24.8 Å². The van der Waals surface area contributed by atoms with Gasteiger partial charge in [-0.15, -0.1) is 0 Å². The summed E-state index contributed by atoms with van der Waals surface area (Å²) in [6.45, 7) is 2.17. The molecule has 0 amide bonds. The SMILES string of the molecule is C[C@@H]1CC[C@H](COc2cccc(C(F)(F)F)n2)CN1c1cnc2cnn(CC(F)F)c2n1. The van der Waals surface area contributed by atoms with Gasteiger partial charge in [-0.25, -0.2) is 28.4 Å². The van der Waals surface area contributed by atoms with Crippen molar-refractivity contribution in [2.24, 2.45) is 5.92 Å². The summed E-state index contributed by atoms with van der Waals surface area (Å²) in [5.74, 6) is 0.469. The quantitative estimate of drug-likeness (QED) is 0.518. The Morgan fingerprint density at radius 1 is 1.16 bits per heavy atom. The Kier molecular flexibility index (Phi) is 6.11. The molecule has 3 aromatic rings. The number of fused-ring (bicyclic) bond motifs is 1. The summed E-state index contributed by atoms with van der Waals surface area (Å²) in [5, 5.41) is 3.93. The molecule has 4 rings (SSSR count). The predicted molar refractivity (Wildman–Crippen MR) is 106 cm³/mol. The van der Waals surface area contributed by atoms with E-state index in [-0.39, 0.29) is 30.1 Å². The van der Waals surface area contributed by atoms with Crippen molar-refractivity contribution < 1.29 is 26.7 Å². The fourth-order valence-corrected chi connectivity index (χ4v) is 3.74. The first-order valence-corrected chi connectivity index (χ1v) is 10.1. The molecule has 2 atom stereocenters. The van der Waals surface area contributed by atoms with Crippen LogP contribution in [0.5, 0.6) is 5.88 Å². The number of ether oxygens (including phenoxy) is 1. The smallest absolute Gasteiger partial charge is 0.433 e. The minimum absolute atomic E-state index is 0.0195. The van der Waals surface area contributed by atoms with Crippen molar-refractivity contribution in [3.63, 3.8) is 0 Å². The maximum absolute atomic E-state index is 12.8. The Labute approximate surface area is 180 Å². The van der Waals surface area contributed by atoms with Crippen molar-refractivity contribution in [2.45, 2.75) is 45.0 Å². The lowest BCUT2D eigenvalue weighted by atomic mass is 9.94. The van der Waals surface area contributed by atoms with Crippen LogP contribution in [0.1, 0.15) is 25.5 Å². The Hall–Kier alpha value is -3.05. The van der Waals surface area contributed by atoms with Crippen LogP contribution in [-0.4, -0.2) is 50.4 Å². The first-order valence-electron chi connectivity index (χ1n) is 10.1. The Bertz CT molecular complexity index is 1070. The molecule has 0 aromatic carbocycles. The van der Waals surface area contributed by atoms with Gasteiger partial charge in [0, 0.05) is 24.6 Å². The maximum atomic E-state index is 12.8. The molecule has 0 aliphatic carbocycles. The summed E-state index contributed by atoms with van der Waals surface area (Å²) < 4.78 is 70.8. The molecule has 0 radical (unpaired) electrons. The summed E-state index contributed by atoms with van der Waals surface area (Å²) in [4.78, 5) is 14.3. The van der Waals surface area contributed by atoms with Crippen LogP contribution >= 0.6 is 0 Å². The number of rotatable bonds is 6. The van der Waals surface area contributed by atoms with Crippen molar-refractivity contribution in [1.29, 1.82) is 0 Å². The van der Waals surface area contributed by atoms with Gasteiger partial charge in [0.2, 0.25) is 5.88 Å². The Balaban J connectivity index is 1.47. The van der Waals surface area contributed by atoms with Crippen LogP contribution in [0.25, 0.3) is 11.2 Å². The van der Waals surface area contributed by atoms with Crippen LogP contribution < -0.4 is 9.64 Å². The molecule has 32 heavy (non-hydrogen) atoms. The van der Waals surface area contributed by atoms with Crippen molar-refractivity contribution in [1.82, 2.24) is 24.7 Å². The third-order valence-electron chi connectivity index (χ3n) is 5.40. The van der Waals surface area contributed by atoms with Crippen LogP contribution in [0, 0.1) is 5.92 Å². The van der Waals surface area contributed by atoms with Crippen LogP contribution in [-0.2, 0) is 12.7 Å². The molecule has 3 aromatic heterocycles. The van der Waals surface area contributed by atoms with E-state index >= 15 is 0 Å². The normalized spacial score (nSPS) is 19.7. The largest absolute Gasteiger partial charge is 0.477 e. The van der Waals surface area contributed by atoms with Gasteiger partial charge in [0.25, 0.3) is 6.43 Å². The monoisotopic (exact) mass is 456 g/mol. The minimum atomic E-state index is -4.54. The van der Waals surface area contributed by atoms with Crippen molar-refractivity contribution in [3.05, 3.63) is 36.3 Å². The molecule has 0 N–H and O–H groups in total. The summed E-state index contributed by atoms with van der Waals surface area (Å²) in [6.07, 6.45) is -2.51. The van der Waals surface area contributed by atoms with Crippen molar-refractivity contribution in [3.8, 4) is 5.88 Å². The number of pyridine rings is 1. The van der Waals surface area contributed by atoms with Gasteiger partial charge in [-0.05, 0) is 25.8 Å². The number of aromatic nitrogens is 5. The minimum Gasteiger partial charge on any atom is -0.477 e. The van der Waals surface area contributed by atoms with Gasteiger partial charge in [0.15, 0.2) is 5.65 Å². The van der Waals surface area contributed by atoms with Gasteiger partial charge in [-0.3, -0.25) is 0 Å². The van der Waals surface area contributed by atoms with E-state index in [4.69, 9.17) is 4.74 Å². The third kappa shape index (κ3) is 4.89. The first kappa shape index (κ1) is 22.2. The van der Waals surface area contributed by atoms with Crippen molar-refractivity contribution >= 4 is 17.0 Å². The third-order valence-corrected chi connectivity index (χ3v) is 5.40. The molecule has 1 fully saturated rings. The molecule has 0 saturated carbocycles. The number of piperidine rings is 1. The van der Waals surface area contributed by atoms with Gasteiger partial charge in [-0.2, -0.15) is 18.3 Å². The lowest BCUT2D eigenvalue weighted by molar-refractivity contribution is -0.141. The number of anilines is 1. The molecule has 0 unspecified atom stereocenters. The summed E-state index contributed by atoms with van der Waals surface area (Å²) in [7, 11) is 0. The van der Waals surface area contributed by atoms with Crippen LogP contribution in [0.2, 0.25) is 0 Å². The first-order chi connectivity index (χ1) is 15.2. The maximum Gasteiger partial charge on any atom is 0.433 e. The molecule has 172 valence electrons. The standard InChI is InChI=1S/C20H21F5N6O/c1-12-5-6-13(11-32-18-4-2-3-15(28-18)20(23,24)25)9-30(12)17-8-26-14-7-27-31(10-16(21)22)19(14)29-17/h2-4,7-8,12-13,16H,5-6,9-11H2,1H3/t12-,13+/m1/s1. The van der Waals surface area contributed by atoms with Gasteiger partial charge in [0.1, 0.15) is 23.6 Å². The number of alkyl halides is 5. The van der Waals surface area contributed by atoms with Crippen LogP contribution in [0.3, 0.4) is 0 Å². The molecular weight excluding hydrogens is 435 g/mol. The second-order valence-electron chi connectivity index (χ2n) is 7.77. The van der Waals surface area contributed by atoms with E-state index in [1.54, 1.807) is 6.20 Å². The number of nitrogens with zero attached hydrogens (tertiary/aromatic N) is 6. The Morgan fingerprint density at radius 2 is 1.97 bits per heavy atom. The van der Waals surface area contributed by atoms with Gasteiger partial charge < -0.3 is 9.64 Å². The molecule has 1 aliphatic heterocycles. The molecule has 7 nitrogen and oxygen atoms in total. The lowest BCUT2D eigenvalue weighted by Crippen LogP contribution is -2.44. The van der Waals surface area contributed by atoms with E-state index in [1.165, 1.54) is 18.3 Å². The van der Waals surface area contributed by atoms with Crippen LogP contribution in [0.15, 0.2) is 30.6 Å². The predicted octanol–water partition coefficient (Wildman–Crippen LogP) is 4.19. The average molecular weight is 456 g/mol. The zero-order chi connectivity index (χ0) is 22.9. The highest BCUT2D eigenvalue weighted by Gasteiger charge is 2.33. The van der Waals surface area contributed by atoms with E-state index in [1.807, 2.05) is 11.8 Å². The number of hydrogen-bond acceptors (Lipinski definition) is 6. The topological polar surface area (TPSA) is 69.0 Å². The van der Waals surface area contributed by atoms with E-state index in [0.29, 0.717) is 17.9 Å². The summed E-state index contributed by atoms with van der Waals surface area (Å²) in [5.41, 5.74) is -0.297. The second kappa shape index (κ2) is 8.83. The van der Waals surface area contributed by atoms with Gasteiger partial charge >= 0.3 is 6.18 Å². The zero-order valence-electron chi connectivity index (χ0n) is 17.1. The zero-order valence-corrected chi connectivity index (χ0v) is 17.1. The highest BCUT2D eigenvalue weighted by atomic mass is 19.4. The molecule has 0 bridgehead atoms. The average Bonchev–Trinajstić information content (AvgIpc) is 3.14. The van der Waals surface area contributed by atoms with Crippen LogP contribution in [0.4, 0.5) is 27.8 Å². The molecule has 12 heteroatoms. The molecule has 1 saturated heterocycles. The lowest BCUT2D eigenvalue weighted by Gasteiger charge is -2.38. The van der Waals surface area contributed by atoms with Gasteiger partial charge in [-0.1, -0.05) is 6.07 Å². The summed E-state index contributed by atoms with van der Waals surface area (Å²) in [6, 6.07) is 3.66. The van der Waals surface area contributed by atoms with Crippen molar-refractivity contribution in [2.75, 3.05) is 18.1 Å². The van der Waals surface area contributed by atoms with E-state index in [9.17, 15) is 22.0 Å². The highest BCUT2D eigenvalue weighted by Crippen LogP contribution is 2.30. The van der Waals surface area contributed by atoms with E-state index in [0.717, 1.165) is 23.6 Å². The fourth-order valence-electron chi connectivity index (χ4n) is 3.74. The number of halogens is 5. The fraction of sp³-hybridized carbons (Fsp3) is 0.500. The summed E-state index contributed by atoms with van der Waals surface area (Å²) >= 11 is 0. The molecule has 0 spiro atoms. The number of hydrogen-bond donors (Lipinski definition) is 0. The second-order valence-corrected chi connectivity index (χ2v) is 7.77. The molecule has 4 heterocycles. The van der Waals surface area contributed by atoms with E-state index in [2.05, 4.69) is 20.1 Å². The van der Waals surface area contributed by atoms with Gasteiger partial charge in [0.05, 0.1) is 19.0 Å².